The van der Waals surface area contributed by atoms with E-state index in [0.717, 1.165) is 18.4 Å². The third-order valence-electron chi connectivity index (χ3n) is 3.72. The second kappa shape index (κ2) is 6.70. The molecule has 7 heteroatoms. The number of hydrogen-bond donors (Lipinski definition) is 1. The van der Waals surface area contributed by atoms with Gasteiger partial charge in [0.2, 0.25) is 11.8 Å². The van der Waals surface area contributed by atoms with E-state index in [1.165, 1.54) is 23.9 Å². The lowest BCUT2D eigenvalue weighted by Crippen LogP contribution is -2.33. The van der Waals surface area contributed by atoms with E-state index in [9.17, 15) is 9.18 Å². The van der Waals surface area contributed by atoms with Crippen LogP contribution in [0, 0.1) is 5.82 Å². The number of hydrogen-bond acceptors (Lipinski definition) is 5. The van der Waals surface area contributed by atoms with Crippen LogP contribution in [-0.2, 0) is 4.79 Å². The van der Waals surface area contributed by atoms with Gasteiger partial charge >= 0.3 is 0 Å². The van der Waals surface area contributed by atoms with E-state index >= 15 is 0 Å². The van der Waals surface area contributed by atoms with Crippen molar-refractivity contribution in [3.8, 4) is 0 Å². The van der Waals surface area contributed by atoms with Gasteiger partial charge in [0.05, 0.1) is 11.3 Å². The molecule has 0 radical (unpaired) electrons. The molecule has 5 nitrogen and oxygen atoms in total. The molecule has 0 spiro atoms. The van der Waals surface area contributed by atoms with Crippen LogP contribution in [-0.4, -0.2) is 21.4 Å². The van der Waals surface area contributed by atoms with Gasteiger partial charge < -0.3 is 9.73 Å². The number of nitrogens with zero attached hydrogens (tertiary/aromatic N) is 2. The molecular formula is C16H18FN3O2S. The number of nitrogens with one attached hydrogen (secondary N) is 1. The summed E-state index contributed by atoms with van der Waals surface area (Å²) < 4.78 is 18.5. The van der Waals surface area contributed by atoms with Gasteiger partial charge in [0, 0.05) is 5.92 Å². The lowest BCUT2D eigenvalue weighted by atomic mass is 10.1. The Hall–Kier alpha value is -1.89. The van der Waals surface area contributed by atoms with E-state index in [2.05, 4.69) is 15.5 Å². The smallest absolute Gasteiger partial charge is 0.277 e. The standard InChI is InChI=1S/C16H18FN3O2S/c1-9(11-5-7-13(17)8-6-11)18-14(21)10(2)23-16-20-19-15(22-16)12-3-4-12/h5-10,12H,3-4H2,1-2H3,(H,18,21)/t9-,10-/m0/s1. The van der Waals surface area contributed by atoms with Crippen LogP contribution in [0.4, 0.5) is 4.39 Å². The molecular weight excluding hydrogens is 317 g/mol. The molecule has 1 aliphatic rings. The third kappa shape index (κ3) is 4.10. The Morgan fingerprint density at radius 3 is 2.65 bits per heavy atom. The average molecular weight is 335 g/mol. The van der Waals surface area contributed by atoms with Crippen LogP contribution >= 0.6 is 11.8 Å². The minimum absolute atomic E-state index is 0.127. The monoisotopic (exact) mass is 335 g/mol. The number of carbonyl (C=O) groups is 1. The molecule has 1 amide bonds. The Labute approximate surface area is 138 Å². The van der Waals surface area contributed by atoms with Crippen molar-refractivity contribution in [2.24, 2.45) is 0 Å². The summed E-state index contributed by atoms with van der Waals surface area (Å²) in [6, 6.07) is 5.90. The SMILES string of the molecule is C[C@H](Sc1nnc(C2CC2)o1)C(=O)N[C@@H](C)c1ccc(F)cc1. The maximum absolute atomic E-state index is 12.9. The highest BCUT2D eigenvalue weighted by Crippen LogP contribution is 2.40. The van der Waals surface area contributed by atoms with E-state index in [1.54, 1.807) is 19.1 Å². The zero-order valence-corrected chi connectivity index (χ0v) is 13.8. The van der Waals surface area contributed by atoms with Gasteiger partial charge in [-0.1, -0.05) is 23.9 Å². The molecule has 1 aromatic heterocycles. The van der Waals surface area contributed by atoms with Crippen LogP contribution < -0.4 is 5.32 Å². The van der Waals surface area contributed by atoms with Crippen molar-refractivity contribution in [1.82, 2.24) is 15.5 Å². The highest BCUT2D eigenvalue weighted by molar-refractivity contribution is 8.00. The van der Waals surface area contributed by atoms with Crippen molar-refractivity contribution in [1.29, 1.82) is 0 Å². The van der Waals surface area contributed by atoms with Crippen molar-refractivity contribution in [2.75, 3.05) is 0 Å². The van der Waals surface area contributed by atoms with Crippen LogP contribution in [0.25, 0.3) is 0 Å². The van der Waals surface area contributed by atoms with Crippen molar-refractivity contribution in [3.63, 3.8) is 0 Å². The molecule has 2 aromatic rings. The van der Waals surface area contributed by atoms with Gasteiger partial charge in [-0.15, -0.1) is 10.2 Å². The molecule has 1 heterocycles. The average Bonchev–Trinajstić information content (AvgIpc) is 3.28. The molecule has 0 aliphatic heterocycles. The summed E-state index contributed by atoms with van der Waals surface area (Å²) in [4.78, 5) is 12.3. The number of benzene rings is 1. The number of thioether (sulfide) groups is 1. The van der Waals surface area contributed by atoms with Gasteiger partial charge in [-0.25, -0.2) is 4.39 Å². The largest absolute Gasteiger partial charge is 0.416 e. The molecule has 1 aromatic carbocycles. The fourth-order valence-corrected chi connectivity index (χ4v) is 2.83. The fraction of sp³-hybridized carbons (Fsp3) is 0.438. The zero-order valence-electron chi connectivity index (χ0n) is 13.0. The molecule has 122 valence electrons. The molecule has 1 fully saturated rings. The topological polar surface area (TPSA) is 68.0 Å². The highest BCUT2D eigenvalue weighted by Gasteiger charge is 2.30. The number of carbonyl (C=O) groups excluding carboxylic acids is 1. The summed E-state index contributed by atoms with van der Waals surface area (Å²) >= 11 is 1.25. The summed E-state index contributed by atoms with van der Waals surface area (Å²) in [7, 11) is 0. The highest BCUT2D eigenvalue weighted by atomic mass is 32.2. The second-order valence-corrected chi connectivity index (χ2v) is 7.01. The summed E-state index contributed by atoms with van der Waals surface area (Å²) in [6.45, 7) is 3.65. The Balaban J connectivity index is 1.54. The molecule has 0 unspecified atom stereocenters. The minimum atomic E-state index is -0.356. The van der Waals surface area contributed by atoms with E-state index in [1.807, 2.05) is 6.92 Å². The van der Waals surface area contributed by atoms with Gasteiger partial charge in [0.25, 0.3) is 5.22 Å². The third-order valence-corrected chi connectivity index (χ3v) is 4.66. The number of amides is 1. The Morgan fingerprint density at radius 1 is 1.30 bits per heavy atom. The molecule has 23 heavy (non-hydrogen) atoms. The predicted octanol–water partition coefficient (Wildman–Crippen LogP) is 3.44. The van der Waals surface area contributed by atoms with E-state index in [4.69, 9.17) is 4.42 Å². The number of aromatic nitrogens is 2. The van der Waals surface area contributed by atoms with E-state index < -0.39 is 0 Å². The fourth-order valence-electron chi connectivity index (χ4n) is 2.13. The van der Waals surface area contributed by atoms with Crippen LogP contribution in [0.1, 0.15) is 50.1 Å². The molecule has 1 aliphatic carbocycles. The zero-order chi connectivity index (χ0) is 16.4. The van der Waals surface area contributed by atoms with Crippen LogP contribution in [0.3, 0.4) is 0 Å². The second-order valence-electron chi connectivity index (χ2n) is 5.72. The van der Waals surface area contributed by atoms with Crippen molar-refractivity contribution < 1.29 is 13.6 Å². The molecule has 1 N–H and O–H groups in total. The Morgan fingerprint density at radius 2 is 2.00 bits per heavy atom. The summed E-state index contributed by atoms with van der Waals surface area (Å²) in [5.74, 6) is 0.649. The van der Waals surface area contributed by atoms with Crippen molar-refractivity contribution >= 4 is 17.7 Å². The van der Waals surface area contributed by atoms with Gasteiger partial charge in [0.15, 0.2) is 0 Å². The van der Waals surface area contributed by atoms with Gasteiger partial charge in [-0.05, 0) is 44.4 Å². The Kier molecular flexibility index (Phi) is 4.66. The predicted molar refractivity (Wildman–Crippen MR) is 84.5 cm³/mol. The van der Waals surface area contributed by atoms with Gasteiger partial charge in [-0.3, -0.25) is 4.79 Å². The maximum Gasteiger partial charge on any atom is 0.277 e. The van der Waals surface area contributed by atoms with E-state index in [0.29, 0.717) is 17.0 Å². The van der Waals surface area contributed by atoms with Crippen LogP contribution in [0.2, 0.25) is 0 Å². The first kappa shape index (κ1) is 16.0. The first-order valence-corrected chi connectivity index (χ1v) is 8.47. The normalized spacial score (nSPS) is 16.8. The molecule has 1 saturated carbocycles. The number of rotatable bonds is 6. The maximum atomic E-state index is 12.9. The van der Waals surface area contributed by atoms with Crippen molar-refractivity contribution in [2.45, 2.75) is 49.1 Å². The quantitative estimate of drug-likeness (QED) is 0.819. The number of halogens is 1. The van der Waals surface area contributed by atoms with E-state index in [-0.39, 0.29) is 23.0 Å². The van der Waals surface area contributed by atoms with Gasteiger partial charge in [0.1, 0.15) is 5.82 Å². The van der Waals surface area contributed by atoms with Crippen LogP contribution in [0.15, 0.2) is 33.9 Å². The summed E-state index contributed by atoms with van der Waals surface area (Å²) in [5.41, 5.74) is 0.853. The molecule has 0 bridgehead atoms. The lowest BCUT2D eigenvalue weighted by Gasteiger charge is -2.16. The molecule has 0 saturated heterocycles. The summed E-state index contributed by atoms with van der Waals surface area (Å²) in [6.07, 6.45) is 2.19. The first-order chi connectivity index (χ1) is 11.0. The van der Waals surface area contributed by atoms with Gasteiger partial charge in [-0.2, -0.15) is 0 Å². The molecule has 2 atom stereocenters. The summed E-state index contributed by atoms with van der Waals surface area (Å²) in [5, 5.41) is 10.9. The molecule has 3 rings (SSSR count). The Bertz CT molecular complexity index is 685. The first-order valence-electron chi connectivity index (χ1n) is 7.59. The van der Waals surface area contributed by atoms with Crippen molar-refractivity contribution in [3.05, 3.63) is 41.5 Å². The van der Waals surface area contributed by atoms with Crippen LogP contribution in [0.5, 0.6) is 0 Å². The minimum Gasteiger partial charge on any atom is -0.416 e. The lowest BCUT2D eigenvalue weighted by molar-refractivity contribution is -0.120.